The van der Waals surface area contributed by atoms with Gasteiger partial charge < -0.3 is 9.88 Å². The fraction of sp³-hybridized carbons (Fsp3) is 0.211. The van der Waals surface area contributed by atoms with Crippen molar-refractivity contribution in [1.29, 1.82) is 0 Å². The van der Waals surface area contributed by atoms with Crippen LogP contribution >= 0.6 is 11.8 Å². The number of para-hydroxylation sites is 2. The molecular formula is C19H19N7OS. The molecule has 0 bridgehead atoms. The molecule has 9 heteroatoms. The summed E-state index contributed by atoms with van der Waals surface area (Å²) in [7, 11) is 0. The second kappa shape index (κ2) is 7.81. The van der Waals surface area contributed by atoms with Gasteiger partial charge in [-0.25, -0.2) is 9.67 Å². The van der Waals surface area contributed by atoms with Gasteiger partial charge in [-0.1, -0.05) is 30.0 Å². The summed E-state index contributed by atoms with van der Waals surface area (Å²) in [5, 5.41) is 15.0. The zero-order chi connectivity index (χ0) is 19.5. The summed E-state index contributed by atoms with van der Waals surface area (Å²) in [5.74, 6) is 0.184. The Morgan fingerprint density at radius 1 is 1.21 bits per heavy atom. The number of hydrogen-bond acceptors (Lipinski definition) is 6. The number of aryl methyl sites for hydroxylation is 2. The summed E-state index contributed by atoms with van der Waals surface area (Å²) >= 11 is 1.43. The molecular weight excluding hydrogens is 374 g/mol. The Labute approximate surface area is 166 Å². The quantitative estimate of drug-likeness (QED) is 0.506. The molecule has 0 aliphatic rings. The molecule has 1 amide bonds. The lowest BCUT2D eigenvalue weighted by Gasteiger charge is -2.10. The van der Waals surface area contributed by atoms with Crippen LogP contribution in [0.3, 0.4) is 0 Å². The van der Waals surface area contributed by atoms with Crippen molar-refractivity contribution in [1.82, 2.24) is 29.8 Å². The molecule has 0 aliphatic heterocycles. The summed E-state index contributed by atoms with van der Waals surface area (Å²) in [6, 6.07) is 13.6. The highest BCUT2D eigenvalue weighted by atomic mass is 32.2. The van der Waals surface area contributed by atoms with Crippen LogP contribution in [-0.4, -0.2) is 41.4 Å². The zero-order valence-electron chi connectivity index (χ0n) is 15.5. The SMILES string of the molecule is CCn1c(SCC(=O)Nc2ccc(C)c(-n3cnnn3)c2)nc2ccccc21. The minimum absolute atomic E-state index is 0.0915. The first-order valence-electron chi connectivity index (χ1n) is 8.87. The smallest absolute Gasteiger partial charge is 0.234 e. The molecule has 0 spiro atoms. The molecule has 0 aliphatic carbocycles. The third kappa shape index (κ3) is 3.61. The molecule has 28 heavy (non-hydrogen) atoms. The van der Waals surface area contributed by atoms with Gasteiger partial charge in [0.15, 0.2) is 5.16 Å². The Kier molecular flexibility index (Phi) is 5.07. The van der Waals surface area contributed by atoms with Gasteiger partial charge in [-0.15, -0.1) is 5.10 Å². The van der Waals surface area contributed by atoms with Crippen molar-refractivity contribution >= 4 is 34.4 Å². The maximum absolute atomic E-state index is 12.5. The lowest BCUT2D eigenvalue weighted by atomic mass is 10.2. The van der Waals surface area contributed by atoms with E-state index in [1.807, 2.05) is 49.4 Å². The Hall–Kier alpha value is -3.20. The molecule has 0 radical (unpaired) electrons. The number of carbonyl (C=O) groups is 1. The number of hydrogen-bond donors (Lipinski definition) is 1. The molecule has 0 atom stereocenters. The number of aromatic nitrogens is 6. The predicted molar refractivity (Wildman–Crippen MR) is 109 cm³/mol. The normalized spacial score (nSPS) is 11.1. The third-order valence-corrected chi connectivity index (χ3v) is 5.33. The highest BCUT2D eigenvalue weighted by Gasteiger charge is 2.12. The molecule has 2 aromatic carbocycles. The zero-order valence-corrected chi connectivity index (χ0v) is 16.3. The number of anilines is 1. The number of carbonyl (C=O) groups excluding carboxylic acids is 1. The first kappa shape index (κ1) is 18.2. The van der Waals surface area contributed by atoms with Gasteiger partial charge in [0, 0.05) is 12.2 Å². The van der Waals surface area contributed by atoms with Crippen LogP contribution in [0.25, 0.3) is 16.7 Å². The van der Waals surface area contributed by atoms with E-state index in [9.17, 15) is 4.79 Å². The first-order valence-corrected chi connectivity index (χ1v) is 9.86. The molecule has 4 aromatic rings. The summed E-state index contributed by atoms with van der Waals surface area (Å²) in [6.45, 7) is 4.84. The van der Waals surface area contributed by atoms with Crippen molar-refractivity contribution in [3.8, 4) is 5.69 Å². The van der Waals surface area contributed by atoms with Crippen molar-refractivity contribution in [2.75, 3.05) is 11.1 Å². The number of imidazole rings is 1. The van der Waals surface area contributed by atoms with Crippen LogP contribution in [0.15, 0.2) is 53.9 Å². The van der Waals surface area contributed by atoms with E-state index in [1.54, 1.807) is 4.68 Å². The van der Waals surface area contributed by atoms with E-state index in [2.05, 4.69) is 37.3 Å². The molecule has 8 nitrogen and oxygen atoms in total. The summed E-state index contributed by atoms with van der Waals surface area (Å²) in [5.41, 5.74) is 4.56. The largest absolute Gasteiger partial charge is 0.325 e. The number of tetrazole rings is 1. The van der Waals surface area contributed by atoms with Gasteiger partial charge in [-0.2, -0.15) is 0 Å². The van der Waals surface area contributed by atoms with E-state index < -0.39 is 0 Å². The summed E-state index contributed by atoms with van der Waals surface area (Å²) in [4.78, 5) is 17.1. The minimum atomic E-state index is -0.0915. The molecule has 142 valence electrons. The lowest BCUT2D eigenvalue weighted by molar-refractivity contribution is -0.113. The number of nitrogens with one attached hydrogen (secondary N) is 1. The number of nitrogens with zero attached hydrogens (tertiary/aromatic N) is 6. The van der Waals surface area contributed by atoms with Gasteiger partial charge in [-0.05, 0) is 54.1 Å². The van der Waals surface area contributed by atoms with Crippen molar-refractivity contribution in [3.63, 3.8) is 0 Å². The van der Waals surface area contributed by atoms with E-state index >= 15 is 0 Å². The number of rotatable bonds is 6. The van der Waals surface area contributed by atoms with Crippen molar-refractivity contribution in [2.45, 2.75) is 25.5 Å². The van der Waals surface area contributed by atoms with Gasteiger partial charge in [0.05, 0.1) is 22.5 Å². The fourth-order valence-electron chi connectivity index (χ4n) is 3.00. The second-order valence-corrected chi connectivity index (χ2v) is 7.16. The number of benzene rings is 2. The predicted octanol–water partition coefficient (Wildman–Crippen LogP) is 3.07. The van der Waals surface area contributed by atoms with Crippen LogP contribution in [0.1, 0.15) is 12.5 Å². The highest BCUT2D eigenvalue weighted by molar-refractivity contribution is 7.99. The Morgan fingerprint density at radius 3 is 2.86 bits per heavy atom. The molecule has 2 aromatic heterocycles. The Morgan fingerprint density at radius 2 is 2.07 bits per heavy atom. The second-order valence-electron chi connectivity index (χ2n) is 6.22. The van der Waals surface area contributed by atoms with Gasteiger partial charge in [0.25, 0.3) is 0 Å². The van der Waals surface area contributed by atoms with E-state index in [0.29, 0.717) is 5.69 Å². The van der Waals surface area contributed by atoms with Gasteiger partial charge >= 0.3 is 0 Å². The fourth-order valence-corrected chi connectivity index (χ4v) is 3.88. The van der Waals surface area contributed by atoms with E-state index in [1.165, 1.54) is 18.1 Å². The van der Waals surface area contributed by atoms with E-state index in [0.717, 1.165) is 34.0 Å². The van der Waals surface area contributed by atoms with Crippen LogP contribution in [-0.2, 0) is 11.3 Å². The third-order valence-electron chi connectivity index (χ3n) is 4.36. The molecule has 0 unspecified atom stereocenters. The average Bonchev–Trinajstić information content (AvgIpc) is 3.35. The van der Waals surface area contributed by atoms with E-state index in [-0.39, 0.29) is 11.7 Å². The molecule has 0 saturated heterocycles. The Balaban J connectivity index is 1.46. The topological polar surface area (TPSA) is 90.5 Å². The monoisotopic (exact) mass is 393 g/mol. The van der Waals surface area contributed by atoms with Crippen LogP contribution in [0.4, 0.5) is 5.69 Å². The van der Waals surface area contributed by atoms with Gasteiger partial charge in [-0.3, -0.25) is 4.79 Å². The van der Waals surface area contributed by atoms with Gasteiger partial charge in [0.1, 0.15) is 6.33 Å². The van der Waals surface area contributed by atoms with Gasteiger partial charge in [0.2, 0.25) is 5.91 Å². The van der Waals surface area contributed by atoms with Crippen LogP contribution in [0, 0.1) is 6.92 Å². The molecule has 0 saturated carbocycles. The maximum atomic E-state index is 12.5. The summed E-state index contributed by atoms with van der Waals surface area (Å²) < 4.78 is 3.69. The summed E-state index contributed by atoms with van der Waals surface area (Å²) in [6.07, 6.45) is 1.53. The maximum Gasteiger partial charge on any atom is 0.234 e. The van der Waals surface area contributed by atoms with Crippen molar-refractivity contribution in [3.05, 3.63) is 54.4 Å². The standard InChI is InChI=1S/C19H19N7OS/c1-3-25-16-7-5-4-6-15(16)22-19(25)28-11-18(27)21-14-9-8-13(2)17(10-14)26-12-20-23-24-26/h4-10,12H,3,11H2,1-2H3,(H,21,27). The van der Waals surface area contributed by atoms with Crippen LogP contribution in [0.5, 0.6) is 0 Å². The first-order chi connectivity index (χ1) is 13.7. The van der Waals surface area contributed by atoms with Crippen molar-refractivity contribution in [2.24, 2.45) is 0 Å². The molecule has 4 rings (SSSR count). The molecule has 1 N–H and O–H groups in total. The number of amides is 1. The number of fused-ring (bicyclic) bond motifs is 1. The molecule has 0 fully saturated rings. The van der Waals surface area contributed by atoms with Crippen molar-refractivity contribution < 1.29 is 4.79 Å². The molecule has 2 heterocycles. The average molecular weight is 393 g/mol. The van der Waals surface area contributed by atoms with Crippen LogP contribution in [0.2, 0.25) is 0 Å². The highest BCUT2D eigenvalue weighted by Crippen LogP contribution is 2.24. The van der Waals surface area contributed by atoms with Crippen LogP contribution < -0.4 is 5.32 Å². The lowest BCUT2D eigenvalue weighted by Crippen LogP contribution is -2.15. The Bertz CT molecular complexity index is 1120. The minimum Gasteiger partial charge on any atom is -0.325 e. The number of thioether (sulfide) groups is 1. The van der Waals surface area contributed by atoms with E-state index in [4.69, 9.17) is 0 Å².